The molecule has 0 fully saturated rings. The summed E-state index contributed by atoms with van der Waals surface area (Å²) in [6.07, 6.45) is 2.11. The standard InChI is InChI=1S/C19H21BrN2O2/c1-4-5-8-24-18-14(20)10-13(11-17(18)23-3)19-21-15-7-6-12(2)9-16(15)22-19/h6-7,9-11H,4-5,8H2,1-3H3,(H,21,22). The van der Waals surface area contributed by atoms with Crippen LogP contribution in [0.1, 0.15) is 25.3 Å². The zero-order valence-corrected chi connectivity index (χ0v) is 15.7. The van der Waals surface area contributed by atoms with Gasteiger partial charge in [-0.1, -0.05) is 19.4 Å². The molecule has 1 N–H and O–H groups in total. The van der Waals surface area contributed by atoms with Crippen molar-refractivity contribution in [2.75, 3.05) is 13.7 Å². The molecule has 0 aliphatic rings. The minimum Gasteiger partial charge on any atom is -0.493 e. The number of nitrogens with one attached hydrogen (secondary N) is 1. The predicted molar refractivity (Wildman–Crippen MR) is 101 cm³/mol. The molecule has 0 atom stereocenters. The van der Waals surface area contributed by atoms with E-state index < -0.39 is 0 Å². The summed E-state index contributed by atoms with van der Waals surface area (Å²) in [6.45, 7) is 4.89. The largest absolute Gasteiger partial charge is 0.493 e. The lowest BCUT2D eigenvalue weighted by molar-refractivity contribution is 0.286. The molecular formula is C19H21BrN2O2. The monoisotopic (exact) mass is 388 g/mol. The Kier molecular flexibility index (Phi) is 5.09. The number of hydrogen-bond donors (Lipinski definition) is 1. The van der Waals surface area contributed by atoms with Crippen LogP contribution in [0.3, 0.4) is 0 Å². The highest BCUT2D eigenvalue weighted by molar-refractivity contribution is 9.10. The number of unbranched alkanes of at least 4 members (excludes halogenated alkanes) is 1. The summed E-state index contributed by atoms with van der Waals surface area (Å²) in [5, 5.41) is 0. The van der Waals surface area contributed by atoms with Gasteiger partial charge < -0.3 is 14.5 Å². The summed E-state index contributed by atoms with van der Waals surface area (Å²) in [5.74, 6) is 2.25. The lowest BCUT2D eigenvalue weighted by atomic mass is 10.2. The van der Waals surface area contributed by atoms with Crippen LogP contribution in [0.25, 0.3) is 22.4 Å². The Morgan fingerprint density at radius 2 is 2.04 bits per heavy atom. The van der Waals surface area contributed by atoms with Crippen molar-refractivity contribution in [1.82, 2.24) is 9.97 Å². The van der Waals surface area contributed by atoms with Crippen LogP contribution in [0.5, 0.6) is 11.5 Å². The zero-order chi connectivity index (χ0) is 17.1. The van der Waals surface area contributed by atoms with Gasteiger partial charge in [0.2, 0.25) is 0 Å². The average Bonchev–Trinajstić information content (AvgIpc) is 2.99. The molecule has 0 radical (unpaired) electrons. The highest BCUT2D eigenvalue weighted by Gasteiger charge is 2.14. The molecule has 0 bridgehead atoms. The molecule has 0 saturated heterocycles. The molecule has 5 heteroatoms. The fourth-order valence-electron chi connectivity index (χ4n) is 2.58. The number of aromatic amines is 1. The smallest absolute Gasteiger partial charge is 0.175 e. The number of aromatic nitrogens is 2. The summed E-state index contributed by atoms with van der Waals surface area (Å²) in [5.41, 5.74) is 4.14. The average molecular weight is 389 g/mol. The van der Waals surface area contributed by atoms with Crippen LogP contribution in [0.15, 0.2) is 34.8 Å². The van der Waals surface area contributed by atoms with Gasteiger partial charge in [0.05, 0.1) is 29.2 Å². The number of methoxy groups -OCH3 is 1. The van der Waals surface area contributed by atoms with Crippen LogP contribution in [0.2, 0.25) is 0 Å². The molecule has 2 aromatic carbocycles. The van der Waals surface area contributed by atoms with Crippen molar-refractivity contribution in [3.05, 3.63) is 40.4 Å². The van der Waals surface area contributed by atoms with Crippen LogP contribution in [-0.4, -0.2) is 23.7 Å². The zero-order valence-electron chi connectivity index (χ0n) is 14.1. The van der Waals surface area contributed by atoms with Crippen molar-refractivity contribution >= 4 is 27.0 Å². The highest BCUT2D eigenvalue weighted by Crippen LogP contribution is 2.39. The molecule has 0 aliphatic heterocycles. The Labute approximate surface area is 150 Å². The molecule has 3 rings (SSSR count). The number of imidazole rings is 1. The van der Waals surface area contributed by atoms with Gasteiger partial charge in [0.1, 0.15) is 5.82 Å². The van der Waals surface area contributed by atoms with Crippen molar-refractivity contribution in [2.24, 2.45) is 0 Å². The molecule has 1 heterocycles. The van der Waals surface area contributed by atoms with E-state index >= 15 is 0 Å². The first kappa shape index (κ1) is 16.8. The minimum atomic E-state index is 0.675. The molecule has 0 spiro atoms. The summed E-state index contributed by atoms with van der Waals surface area (Å²) < 4.78 is 12.2. The molecule has 3 aromatic rings. The number of hydrogen-bond acceptors (Lipinski definition) is 3. The Morgan fingerprint density at radius 1 is 1.21 bits per heavy atom. The minimum absolute atomic E-state index is 0.675. The molecular weight excluding hydrogens is 368 g/mol. The number of H-pyrrole nitrogens is 1. The summed E-state index contributed by atoms with van der Waals surface area (Å²) >= 11 is 3.60. The topological polar surface area (TPSA) is 47.1 Å². The molecule has 24 heavy (non-hydrogen) atoms. The fraction of sp³-hybridized carbons (Fsp3) is 0.316. The van der Waals surface area contributed by atoms with Gasteiger partial charge in [-0.25, -0.2) is 4.98 Å². The number of fused-ring (bicyclic) bond motifs is 1. The molecule has 1 aromatic heterocycles. The maximum Gasteiger partial charge on any atom is 0.175 e. The van der Waals surface area contributed by atoms with E-state index in [1.165, 1.54) is 5.56 Å². The predicted octanol–water partition coefficient (Wildman–Crippen LogP) is 5.49. The van der Waals surface area contributed by atoms with E-state index in [1.54, 1.807) is 7.11 Å². The highest BCUT2D eigenvalue weighted by atomic mass is 79.9. The molecule has 4 nitrogen and oxygen atoms in total. The van der Waals surface area contributed by atoms with Crippen LogP contribution < -0.4 is 9.47 Å². The van der Waals surface area contributed by atoms with Crippen molar-refractivity contribution in [1.29, 1.82) is 0 Å². The van der Waals surface area contributed by atoms with Crippen molar-refractivity contribution < 1.29 is 9.47 Å². The van der Waals surface area contributed by atoms with Crippen LogP contribution in [0.4, 0.5) is 0 Å². The van der Waals surface area contributed by atoms with E-state index in [0.717, 1.165) is 45.5 Å². The molecule has 0 amide bonds. The molecule has 0 unspecified atom stereocenters. The maximum absolute atomic E-state index is 5.86. The van der Waals surface area contributed by atoms with E-state index in [0.29, 0.717) is 12.4 Å². The van der Waals surface area contributed by atoms with Crippen LogP contribution >= 0.6 is 15.9 Å². The van der Waals surface area contributed by atoms with Gasteiger partial charge in [-0.3, -0.25) is 0 Å². The van der Waals surface area contributed by atoms with Gasteiger partial charge in [0, 0.05) is 5.56 Å². The number of nitrogens with zero attached hydrogens (tertiary/aromatic N) is 1. The van der Waals surface area contributed by atoms with Gasteiger partial charge in [-0.15, -0.1) is 0 Å². The van der Waals surface area contributed by atoms with Crippen molar-refractivity contribution in [2.45, 2.75) is 26.7 Å². The number of benzene rings is 2. The summed E-state index contributed by atoms with van der Waals surface area (Å²) in [6, 6.07) is 10.2. The summed E-state index contributed by atoms with van der Waals surface area (Å²) in [7, 11) is 1.65. The third kappa shape index (κ3) is 3.41. The first-order valence-corrected chi connectivity index (χ1v) is 8.88. The number of rotatable bonds is 6. The number of ether oxygens (including phenoxy) is 2. The fourth-order valence-corrected chi connectivity index (χ4v) is 3.13. The van der Waals surface area contributed by atoms with E-state index in [2.05, 4.69) is 51.9 Å². The Morgan fingerprint density at radius 3 is 2.79 bits per heavy atom. The Hall–Kier alpha value is -2.01. The first-order chi connectivity index (χ1) is 11.6. The van der Waals surface area contributed by atoms with Gasteiger partial charge in [0.25, 0.3) is 0 Å². The van der Waals surface area contributed by atoms with E-state index in [1.807, 2.05) is 18.2 Å². The molecule has 0 saturated carbocycles. The van der Waals surface area contributed by atoms with E-state index in [4.69, 9.17) is 9.47 Å². The maximum atomic E-state index is 5.86. The quantitative estimate of drug-likeness (QED) is 0.568. The van der Waals surface area contributed by atoms with Gasteiger partial charge in [-0.2, -0.15) is 0 Å². The normalized spacial score (nSPS) is 11.0. The number of aryl methyl sites for hydroxylation is 1. The SMILES string of the molecule is CCCCOc1c(Br)cc(-c2nc3ccc(C)cc3[nH]2)cc1OC. The molecule has 0 aliphatic carbocycles. The first-order valence-electron chi connectivity index (χ1n) is 8.09. The lowest BCUT2D eigenvalue weighted by Gasteiger charge is -2.13. The second kappa shape index (κ2) is 7.26. The lowest BCUT2D eigenvalue weighted by Crippen LogP contribution is -2.00. The second-order valence-electron chi connectivity index (χ2n) is 5.80. The Balaban J connectivity index is 1.99. The van der Waals surface area contributed by atoms with E-state index in [9.17, 15) is 0 Å². The van der Waals surface area contributed by atoms with Gasteiger partial charge in [0.15, 0.2) is 11.5 Å². The van der Waals surface area contributed by atoms with Crippen molar-refractivity contribution in [3.63, 3.8) is 0 Å². The third-order valence-electron chi connectivity index (χ3n) is 3.88. The van der Waals surface area contributed by atoms with Crippen LogP contribution in [-0.2, 0) is 0 Å². The Bertz CT molecular complexity index is 858. The van der Waals surface area contributed by atoms with Crippen LogP contribution in [0, 0.1) is 6.92 Å². The van der Waals surface area contributed by atoms with Gasteiger partial charge in [-0.05, 0) is 59.1 Å². The molecule has 126 valence electrons. The second-order valence-corrected chi connectivity index (χ2v) is 6.65. The van der Waals surface area contributed by atoms with Gasteiger partial charge >= 0.3 is 0 Å². The van der Waals surface area contributed by atoms with Crippen molar-refractivity contribution in [3.8, 4) is 22.9 Å². The third-order valence-corrected chi connectivity index (χ3v) is 4.47. The summed E-state index contributed by atoms with van der Waals surface area (Å²) in [4.78, 5) is 8.05. The van der Waals surface area contributed by atoms with E-state index in [-0.39, 0.29) is 0 Å². The number of halogens is 1.